The van der Waals surface area contributed by atoms with E-state index in [4.69, 9.17) is 0 Å². The molecule has 1 saturated carbocycles. The van der Waals surface area contributed by atoms with Crippen LogP contribution < -0.4 is 0 Å². The Bertz CT molecular complexity index is 213. The Labute approximate surface area is 75.1 Å². The molecule has 1 nitrogen and oxygen atoms in total. The van der Waals surface area contributed by atoms with Crippen LogP contribution in [0.15, 0.2) is 0 Å². The second-order valence-corrected chi connectivity index (χ2v) is 5.27. The van der Waals surface area contributed by atoms with Gasteiger partial charge in [0.25, 0.3) is 0 Å². The summed E-state index contributed by atoms with van der Waals surface area (Å²) < 4.78 is 0. The number of fused-ring (bicyclic) bond motifs is 5. The molecule has 0 radical (unpaired) electrons. The largest absolute Gasteiger partial charge is 0.294 e. The van der Waals surface area contributed by atoms with Crippen molar-refractivity contribution in [2.45, 2.75) is 51.1 Å². The molecule has 1 heteroatoms. The van der Waals surface area contributed by atoms with E-state index in [0.717, 1.165) is 17.9 Å². The molecule has 3 fully saturated rings. The molecule has 0 N–H and O–H groups in total. The predicted molar refractivity (Wildman–Crippen MR) is 50.0 cm³/mol. The van der Waals surface area contributed by atoms with E-state index in [-0.39, 0.29) is 0 Å². The summed E-state index contributed by atoms with van der Waals surface area (Å²) in [7, 11) is 0. The topological polar surface area (TPSA) is 3.24 Å². The smallest absolute Gasteiger partial charge is 0.0239 e. The Balaban J connectivity index is 2.01. The van der Waals surface area contributed by atoms with Gasteiger partial charge in [0.1, 0.15) is 0 Å². The van der Waals surface area contributed by atoms with Crippen molar-refractivity contribution in [2.75, 3.05) is 6.54 Å². The number of rotatable bonds is 0. The van der Waals surface area contributed by atoms with Crippen LogP contribution in [0.4, 0.5) is 0 Å². The van der Waals surface area contributed by atoms with Crippen LogP contribution in [0.2, 0.25) is 0 Å². The zero-order valence-corrected chi connectivity index (χ0v) is 8.21. The van der Waals surface area contributed by atoms with Crippen molar-refractivity contribution in [1.29, 1.82) is 0 Å². The number of piperidine rings is 1. The van der Waals surface area contributed by atoms with Crippen molar-refractivity contribution < 1.29 is 0 Å². The SMILES string of the molecule is CC1CCN2C3CCC(C3)C12C. The van der Waals surface area contributed by atoms with Gasteiger partial charge in [-0.25, -0.2) is 0 Å². The molecule has 4 atom stereocenters. The van der Waals surface area contributed by atoms with Gasteiger partial charge in [0.2, 0.25) is 0 Å². The molecule has 2 saturated heterocycles. The van der Waals surface area contributed by atoms with Crippen LogP contribution in [0.25, 0.3) is 0 Å². The van der Waals surface area contributed by atoms with Gasteiger partial charge < -0.3 is 0 Å². The molecule has 0 amide bonds. The van der Waals surface area contributed by atoms with Gasteiger partial charge >= 0.3 is 0 Å². The lowest BCUT2D eigenvalue weighted by Crippen LogP contribution is -2.48. The maximum Gasteiger partial charge on any atom is 0.0239 e. The van der Waals surface area contributed by atoms with E-state index in [9.17, 15) is 0 Å². The first-order valence-electron chi connectivity index (χ1n) is 5.49. The van der Waals surface area contributed by atoms with Gasteiger partial charge in [-0.05, 0) is 51.0 Å². The Morgan fingerprint density at radius 2 is 2.08 bits per heavy atom. The van der Waals surface area contributed by atoms with Gasteiger partial charge in [-0.2, -0.15) is 0 Å². The highest BCUT2D eigenvalue weighted by molar-refractivity contribution is 5.12. The Hall–Kier alpha value is -0.0400. The lowest BCUT2D eigenvalue weighted by Gasteiger charge is -2.42. The van der Waals surface area contributed by atoms with Gasteiger partial charge in [0.05, 0.1) is 0 Å². The molecule has 1 aliphatic carbocycles. The predicted octanol–water partition coefficient (Wildman–Crippen LogP) is 2.27. The number of hydrogen-bond donors (Lipinski definition) is 0. The molecule has 12 heavy (non-hydrogen) atoms. The van der Waals surface area contributed by atoms with Gasteiger partial charge in [0.15, 0.2) is 0 Å². The van der Waals surface area contributed by atoms with Gasteiger partial charge in [0, 0.05) is 11.6 Å². The van der Waals surface area contributed by atoms with Crippen LogP contribution in [0, 0.1) is 11.8 Å². The van der Waals surface area contributed by atoms with Gasteiger partial charge in [-0.1, -0.05) is 6.92 Å². The lowest BCUT2D eigenvalue weighted by molar-refractivity contribution is 0.0721. The summed E-state index contributed by atoms with van der Waals surface area (Å²) in [5.41, 5.74) is 0.614. The highest BCUT2D eigenvalue weighted by Crippen LogP contribution is 2.55. The van der Waals surface area contributed by atoms with E-state index in [2.05, 4.69) is 18.7 Å². The highest BCUT2D eigenvalue weighted by atomic mass is 15.3. The minimum absolute atomic E-state index is 0.614. The summed E-state index contributed by atoms with van der Waals surface area (Å²) in [5.74, 6) is 1.99. The Kier molecular flexibility index (Phi) is 1.27. The van der Waals surface area contributed by atoms with Crippen molar-refractivity contribution in [2.24, 2.45) is 11.8 Å². The van der Waals surface area contributed by atoms with E-state index < -0.39 is 0 Å². The molecule has 0 aromatic carbocycles. The third kappa shape index (κ3) is 0.618. The van der Waals surface area contributed by atoms with Crippen LogP contribution in [-0.2, 0) is 0 Å². The van der Waals surface area contributed by atoms with Crippen LogP contribution >= 0.6 is 0 Å². The first kappa shape index (κ1) is 7.37. The standard InChI is InChI=1S/C11H19N/c1-8-5-6-12-10-4-3-9(7-10)11(8,12)2/h8-10H,3-7H2,1-2H3. The van der Waals surface area contributed by atoms with E-state index in [1.807, 2.05) is 0 Å². The second-order valence-electron chi connectivity index (χ2n) is 5.27. The van der Waals surface area contributed by atoms with E-state index in [1.165, 1.54) is 32.2 Å². The van der Waals surface area contributed by atoms with Crippen molar-refractivity contribution in [3.8, 4) is 0 Å². The van der Waals surface area contributed by atoms with Crippen molar-refractivity contribution in [3.63, 3.8) is 0 Å². The third-order valence-corrected chi connectivity index (χ3v) is 5.09. The molecule has 2 heterocycles. The average Bonchev–Trinajstić information content (AvgIpc) is 2.65. The monoisotopic (exact) mass is 165 g/mol. The summed E-state index contributed by atoms with van der Waals surface area (Å²) in [4.78, 5) is 2.83. The summed E-state index contributed by atoms with van der Waals surface area (Å²) in [5, 5.41) is 0. The summed E-state index contributed by atoms with van der Waals surface area (Å²) in [6, 6.07) is 0.977. The third-order valence-electron chi connectivity index (χ3n) is 5.09. The molecule has 0 spiro atoms. The minimum atomic E-state index is 0.614. The fourth-order valence-electron chi connectivity index (χ4n) is 4.13. The van der Waals surface area contributed by atoms with Gasteiger partial charge in [-0.15, -0.1) is 0 Å². The maximum atomic E-state index is 2.83. The van der Waals surface area contributed by atoms with Crippen molar-refractivity contribution in [3.05, 3.63) is 0 Å². The molecule has 68 valence electrons. The van der Waals surface area contributed by atoms with E-state index in [0.29, 0.717) is 5.54 Å². The molecule has 3 aliphatic rings. The number of hydrogen-bond acceptors (Lipinski definition) is 1. The van der Waals surface area contributed by atoms with Crippen molar-refractivity contribution >= 4 is 0 Å². The van der Waals surface area contributed by atoms with Crippen LogP contribution in [0.1, 0.15) is 39.5 Å². The molecular formula is C11H19N. The summed E-state index contributed by atoms with van der Waals surface area (Å²) >= 11 is 0. The first-order valence-corrected chi connectivity index (χ1v) is 5.49. The molecule has 0 aromatic heterocycles. The minimum Gasteiger partial charge on any atom is -0.294 e. The van der Waals surface area contributed by atoms with Crippen LogP contribution in [-0.4, -0.2) is 23.0 Å². The zero-order valence-electron chi connectivity index (χ0n) is 8.21. The number of nitrogens with zero attached hydrogens (tertiary/aromatic N) is 1. The summed E-state index contributed by atoms with van der Waals surface area (Å²) in [6.45, 7) is 6.37. The Morgan fingerprint density at radius 1 is 1.25 bits per heavy atom. The molecule has 0 aromatic rings. The van der Waals surface area contributed by atoms with Crippen molar-refractivity contribution in [1.82, 2.24) is 4.90 Å². The molecule has 2 aliphatic heterocycles. The molecule has 4 unspecified atom stereocenters. The molecule has 2 bridgehead atoms. The normalized spacial score (nSPS) is 58.0. The average molecular weight is 165 g/mol. The van der Waals surface area contributed by atoms with E-state index in [1.54, 1.807) is 0 Å². The first-order chi connectivity index (χ1) is 5.73. The molecular weight excluding hydrogens is 146 g/mol. The fourth-order valence-corrected chi connectivity index (χ4v) is 4.13. The van der Waals surface area contributed by atoms with Crippen LogP contribution in [0.3, 0.4) is 0 Å². The van der Waals surface area contributed by atoms with Crippen LogP contribution in [0.5, 0.6) is 0 Å². The Morgan fingerprint density at radius 3 is 2.83 bits per heavy atom. The van der Waals surface area contributed by atoms with Gasteiger partial charge in [-0.3, -0.25) is 4.90 Å². The second kappa shape index (κ2) is 2.06. The quantitative estimate of drug-likeness (QED) is 0.532. The summed E-state index contributed by atoms with van der Waals surface area (Å²) in [6.07, 6.45) is 5.97. The molecule has 3 rings (SSSR count). The maximum absolute atomic E-state index is 2.83. The zero-order chi connectivity index (χ0) is 8.34. The van der Waals surface area contributed by atoms with E-state index >= 15 is 0 Å². The lowest BCUT2D eigenvalue weighted by atomic mass is 9.77. The highest BCUT2D eigenvalue weighted by Gasteiger charge is 2.58. The fraction of sp³-hybridized carbons (Fsp3) is 1.00.